The summed E-state index contributed by atoms with van der Waals surface area (Å²) < 4.78 is 7.58. The van der Waals surface area contributed by atoms with E-state index in [1.807, 2.05) is 11.0 Å². The molecule has 2 bridgehead atoms. The first-order chi connectivity index (χ1) is 14.8. The zero-order valence-corrected chi connectivity index (χ0v) is 17.7. The summed E-state index contributed by atoms with van der Waals surface area (Å²) in [5.74, 6) is 1.09. The van der Waals surface area contributed by atoms with Crippen molar-refractivity contribution in [3.63, 3.8) is 0 Å². The third-order valence-electron chi connectivity index (χ3n) is 6.21. The number of amides is 1. The summed E-state index contributed by atoms with van der Waals surface area (Å²) in [5.41, 5.74) is 1.36. The maximum absolute atomic E-state index is 12.9. The van der Waals surface area contributed by atoms with Crippen LogP contribution in [0.2, 0.25) is 0 Å². The molecule has 0 radical (unpaired) electrons. The molecule has 8 nitrogen and oxygen atoms in total. The molecule has 0 N–H and O–H groups in total. The molecule has 3 heterocycles. The van der Waals surface area contributed by atoms with Gasteiger partial charge in [0.15, 0.2) is 0 Å². The predicted molar refractivity (Wildman–Crippen MR) is 113 cm³/mol. The summed E-state index contributed by atoms with van der Waals surface area (Å²) in [6, 6.07) is 9.09. The van der Waals surface area contributed by atoms with Crippen LogP contribution in [0.1, 0.15) is 44.1 Å². The number of ether oxygens (including phenoxy) is 1. The van der Waals surface area contributed by atoms with E-state index in [1.54, 1.807) is 11.0 Å². The van der Waals surface area contributed by atoms with E-state index in [0.29, 0.717) is 32.2 Å². The van der Waals surface area contributed by atoms with E-state index < -0.39 is 0 Å². The van der Waals surface area contributed by atoms with Crippen molar-refractivity contribution in [3.8, 4) is 5.75 Å². The summed E-state index contributed by atoms with van der Waals surface area (Å²) in [7, 11) is 0. The molecule has 1 aromatic carbocycles. The number of aryl methyl sites for hydroxylation is 2. The van der Waals surface area contributed by atoms with Crippen molar-refractivity contribution in [2.75, 3.05) is 32.8 Å². The largest absolute Gasteiger partial charge is 0.494 e. The number of aromatic nitrogens is 4. The quantitative estimate of drug-likeness (QED) is 0.769. The van der Waals surface area contributed by atoms with Crippen LogP contribution in [0.3, 0.4) is 0 Å². The maximum atomic E-state index is 12.9. The number of nitrogens with zero attached hydrogens (tertiary/aromatic N) is 6. The fourth-order valence-electron chi connectivity index (χ4n) is 4.51. The van der Waals surface area contributed by atoms with Gasteiger partial charge in [-0.1, -0.05) is 18.6 Å². The van der Waals surface area contributed by atoms with Crippen LogP contribution in [0.4, 0.5) is 0 Å². The maximum Gasteiger partial charge on any atom is 0.224 e. The van der Waals surface area contributed by atoms with E-state index in [2.05, 4.69) is 38.6 Å². The molecule has 8 heteroatoms. The molecular weight excluding hydrogens is 380 g/mol. The van der Waals surface area contributed by atoms with Gasteiger partial charge in [-0.2, -0.15) is 0 Å². The molecule has 1 saturated heterocycles. The van der Waals surface area contributed by atoms with E-state index in [1.165, 1.54) is 24.8 Å². The summed E-state index contributed by atoms with van der Waals surface area (Å²) in [4.78, 5) is 17.5. The number of tetrazole rings is 1. The van der Waals surface area contributed by atoms with Crippen molar-refractivity contribution in [3.05, 3.63) is 36.2 Å². The number of hydrogen-bond acceptors (Lipinski definition) is 6. The fourth-order valence-corrected chi connectivity index (χ4v) is 4.51. The van der Waals surface area contributed by atoms with Gasteiger partial charge in [-0.3, -0.25) is 9.69 Å². The molecule has 1 fully saturated rings. The van der Waals surface area contributed by atoms with Crippen LogP contribution in [0.25, 0.3) is 0 Å². The molecule has 1 aromatic heterocycles. The zero-order chi connectivity index (χ0) is 20.6. The van der Waals surface area contributed by atoms with E-state index >= 15 is 0 Å². The minimum atomic E-state index is 0.160. The molecule has 1 amide bonds. The molecule has 30 heavy (non-hydrogen) atoms. The monoisotopic (exact) mass is 412 g/mol. The summed E-state index contributed by atoms with van der Waals surface area (Å²) in [6.45, 7) is 4.70. The van der Waals surface area contributed by atoms with Gasteiger partial charge < -0.3 is 9.64 Å². The summed E-state index contributed by atoms with van der Waals surface area (Å²) >= 11 is 0. The first-order valence-corrected chi connectivity index (χ1v) is 11.2. The highest BCUT2D eigenvalue weighted by Gasteiger charge is 2.24. The lowest BCUT2D eigenvalue weighted by molar-refractivity contribution is -0.132. The molecular formula is C22H32N6O2. The topological polar surface area (TPSA) is 76.4 Å². The molecule has 162 valence electrons. The van der Waals surface area contributed by atoms with Crippen LogP contribution in [0.5, 0.6) is 5.75 Å². The van der Waals surface area contributed by atoms with E-state index in [9.17, 15) is 4.79 Å². The highest BCUT2D eigenvalue weighted by atomic mass is 16.5. The SMILES string of the molecule is O=C(CCn1cnnn1)N1CCCOc2cccc(c2)CCC2CCCCN2CC1. The minimum Gasteiger partial charge on any atom is -0.494 e. The lowest BCUT2D eigenvalue weighted by atomic mass is 9.95. The van der Waals surface area contributed by atoms with E-state index in [-0.39, 0.29) is 5.91 Å². The average molecular weight is 413 g/mol. The Morgan fingerprint density at radius 3 is 2.97 bits per heavy atom. The normalized spacial score (nSPS) is 21.3. The second-order valence-electron chi connectivity index (χ2n) is 8.28. The van der Waals surface area contributed by atoms with Gasteiger partial charge in [-0.05, 0) is 66.8 Å². The number of carbonyl (C=O) groups is 1. The van der Waals surface area contributed by atoms with Gasteiger partial charge in [0.05, 0.1) is 13.2 Å². The Balaban J connectivity index is 1.42. The van der Waals surface area contributed by atoms with Crippen molar-refractivity contribution in [2.24, 2.45) is 0 Å². The molecule has 2 aromatic rings. The number of benzene rings is 1. The standard InChI is InChI=1S/C22H32N6O2/c29-22(10-13-28-18-23-24-25-28)27-12-4-16-30-21-7-3-5-19(17-21)8-9-20-6-1-2-11-26(20)14-15-27/h3,5,7,17-18,20H,1-2,4,6,8-16H2. The lowest BCUT2D eigenvalue weighted by Crippen LogP contribution is -2.45. The number of piperidine rings is 1. The molecule has 1 atom stereocenters. The highest BCUT2D eigenvalue weighted by molar-refractivity contribution is 5.76. The Hall–Kier alpha value is -2.48. The molecule has 4 rings (SSSR count). The van der Waals surface area contributed by atoms with Gasteiger partial charge in [-0.25, -0.2) is 4.68 Å². The minimum absolute atomic E-state index is 0.160. The van der Waals surface area contributed by atoms with Crippen LogP contribution in [0.15, 0.2) is 30.6 Å². The molecule has 2 aliphatic rings. The van der Waals surface area contributed by atoms with Crippen molar-refractivity contribution >= 4 is 5.91 Å². The fraction of sp³-hybridized carbons (Fsp3) is 0.636. The van der Waals surface area contributed by atoms with Crippen molar-refractivity contribution in [1.29, 1.82) is 0 Å². The van der Waals surface area contributed by atoms with Crippen molar-refractivity contribution < 1.29 is 9.53 Å². The van der Waals surface area contributed by atoms with Crippen molar-refractivity contribution in [2.45, 2.75) is 57.5 Å². The Bertz CT molecular complexity index is 797. The third-order valence-corrected chi connectivity index (χ3v) is 6.21. The Kier molecular flexibility index (Phi) is 7.29. The van der Waals surface area contributed by atoms with Gasteiger partial charge >= 0.3 is 0 Å². The molecule has 0 saturated carbocycles. The van der Waals surface area contributed by atoms with Crippen LogP contribution in [-0.2, 0) is 17.8 Å². The second-order valence-corrected chi connectivity index (χ2v) is 8.28. The Labute approximate surface area is 178 Å². The number of fused-ring (bicyclic) bond motifs is 3. The van der Waals surface area contributed by atoms with Gasteiger partial charge in [0.25, 0.3) is 0 Å². The molecule has 0 aliphatic carbocycles. The van der Waals surface area contributed by atoms with Crippen LogP contribution >= 0.6 is 0 Å². The summed E-state index contributed by atoms with van der Waals surface area (Å²) in [5, 5.41) is 11.1. The molecule has 0 spiro atoms. The number of hydrogen-bond donors (Lipinski definition) is 0. The Morgan fingerprint density at radius 2 is 2.07 bits per heavy atom. The van der Waals surface area contributed by atoms with Crippen molar-refractivity contribution in [1.82, 2.24) is 30.0 Å². The first-order valence-electron chi connectivity index (χ1n) is 11.2. The molecule has 2 aliphatic heterocycles. The highest BCUT2D eigenvalue weighted by Crippen LogP contribution is 2.23. The number of carbonyl (C=O) groups excluding carboxylic acids is 1. The lowest BCUT2D eigenvalue weighted by Gasteiger charge is -2.37. The Morgan fingerprint density at radius 1 is 1.10 bits per heavy atom. The summed E-state index contributed by atoms with van der Waals surface area (Å²) in [6.07, 6.45) is 8.84. The third kappa shape index (κ3) is 5.78. The van der Waals surface area contributed by atoms with E-state index in [0.717, 1.165) is 44.6 Å². The predicted octanol–water partition coefficient (Wildman–Crippen LogP) is 2.16. The second kappa shape index (κ2) is 10.5. The molecule has 1 unspecified atom stereocenters. The first kappa shape index (κ1) is 20.8. The van der Waals surface area contributed by atoms with Crippen LogP contribution < -0.4 is 4.74 Å². The average Bonchev–Trinajstić information content (AvgIpc) is 3.30. The number of rotatable bonds is 3. The van der Waals surface area contributed by atoms with Gasteiger partial charge in [-0.15, -0.1) is 5.10 Å². The van der Waals surface area contributed by atoms with E-state index in [4.69, 9.17) is 4.74 Å². The van der Waals surface area contributed by atoms with Crippen LogP contribution in [-0.4, -0.2) is 74.7 Å². The van der Waals surface area contributed by atoms with Crippen LogP contribution in [0, 0.1) is 0 Å². The smallest absolute Gasteiger partial charge is 0.224 e. The van der Waals surface area contributed by atoms with Gasteiger partial charge in [0.2, 0.25) is 5.91 Å². The zero-order valence-electron chi connectivity index (χ0n) is 17.7. The van der Waals surface area contributed by atoms with Gasteiger partial charge in [0.1, 0.15) is 12.1 Å². The van der Waals surface area contributed by atoms with Gasteiger partial charge in [0, 0.05) is 32.1 Å².